The number of carboxylic acid groups (broad SMARTS) is 1. The summed E-state index contributed by atoms with van der Waals surface area (Å²) in [6.07, 6.45) is 5.56. The predicted molar refractivity (Wildman–Crippen MR) is 99.3 cm³/mol. The smallest absolute Gasteiger partial charge is 0.331 e. The van der Waals surface area contributed by atoms with Crippen LogP contribution in [-0.4, -0.2) is 42.9 Å². The largest absolute Gasteiger partial charge is 0.478 e. The topological polar surface area (TPSA) is 118 Å². The van der Waals surface area contributed by atoms with Gasteiger partial charge in [-0.3, -0.25) is 9.35 Å². The van der Waals surface area contributed by atoms with E-state index in [4.69, 9.17) is 14.4 Å². The number of rotatable bonds is 3. The van der Waals surface area contributed by atoms with Gasteiger partial charge in [0.1, 0.15) is 0 Å². The number of carbonyl (C=O) groups is 2. The van der Waals surface area contributed by atoms with Crippen molar-refractivity contribution in [2.24, 2.45) is 5.41 Å². The quantitative estimate of drug-likeness (QED) is 0.459. The number of allylic oxidation sites excluding steroid dienone is 2. The Hall–Kier alpha value is -2.89. The lowest BCUT2D eigenvalue weighted by Crippen LogP contribution is -2.31. The minimum atomic E-state index is -3.67. The number of hydrogen-bond acceptors (Lipinski definition) is 5. The number of carbonyl (C=O) groups excluding carboxylic acids is 1. The Bertz CT molecular complexity index is 894. The molecule has 7 nitrogen and oxygen atoms in total. The van der Waals surface area contributed by atoms with Crippen molar-refractivity contribution < 1.29 is 32.4 Å². The van der Waals surface area contributed by atoms with Gasteiger partial charge in [0.25, 0.3) is 10.1 Å². The molecule has 0 saturated heterocycles. The van der Waals surface area contributed by atoms with Gasteiger partial charge >= 0.3 is 11.9 Å². The summed E-state index contributed by atoms with van der Waals surface area (Å²) in [5.41, 5.74) is 0.0763. The Balaban J connectivity index is 0.000000646. The van der Waals surface area contributed by atoms with Crippen molar-refractivity contribution in [3.8, 4) is 11.8 Å². The van der Waals surface area contributed by atoms with E-state index in [1.54, 1.807) is 19.1 Å². The molecule has 8 heteroatoms. The van der Waals surface area contributed by atoms with Gasteiger partial charge in [-0.25, -0.2) is 4.79 Å². The van der Waals surface area contributed by atoms with Crippen molar-refractivity contribution in [1.82, 2.24) is 0 Å². The summed E-state index contributed by atoms with van der Waals surface area (Å²) < 4.78 is 31.0. The van der Waals surface area contributed by atoms with Crippen LogP contribution in [0.25, 0.3) is 0 Å². The maximum absolute atomic E-state index is 12.1. The third-order valence-corrected chi connectivity index (χ3v) is 3.34. The summed E-state index contributed by atoms with van der Waals surface area (Å²) >= 11 is 0. The molecule has 0 radical (unpaired) electrons. The van der Waals surface area contributed by atoms with Crippen LogP contribution >= 0.6 is 0 Å². The average Bonchev–Trinajstić information content (AvgIpc) is 2.58. The van der Waals surface area contributed by atoms with E-state index in [0.717, 1.165) is 5.56 Å². The fourth-order valence-corrected chi connectivity index (χ4v) is 2.10. The Labute approximate surface area is 158 Å². The van der Waals surface area contributed by atoms with Gasteiger partial charge in [0, 0.05) is 11.1 Å². The third kappa shape index (κ3) is 8.85. The van der Waals surface area contributed by atoms with Crippen molar-refractivity contribution in [3.05, 3.63) is 59.7 Å². The fraction of sp³-hybridized carbons (Fsp3) is 0.263. The minimum Gasteiger partial charge on any atom is -0.478 e. The second kappa shape index (κ2) is 9.71. The molecule has 27 heavy (non-hydrogen) atoms. The Morgan fingerprint density at radius 2 is 1.85 bits per heavy atom. The molecule has 1 unspecified atom stereocenters. The number of esters is 1. The van der Waals surface area contributed by atoms with Crippen LogP contribution in [0.15, 0.2) is 54.1 Å². The third-order valence-electron chi connectivity index (χ3n) is 3.34. The minimum absolute atomic E-state index is 0.0245. The van der Waals surface area contributed by atoms with Crippen molar-refractivity contribution in [3.63, 3.8) is 0 Å². The van der Waals surface area contributed by atoms with E-state index >= 15 is 0 Å². The van der Waals surface area contributed by atoms with Gasteiger partial charge in [-0.1, -0.05) is 48.3 Å². The van der Waals surface area contributed by atoms with Gasteiger partial charge in [-0.05, 0) is 25.5 Å². The molecule has 1 aromatic rings. The zero-order valence-corrected chi connectivity index (χ0v) is 15.7. The highest BCUT2D eigenvalue weighted by Crippen LogP contribution is 2.32. The molecule has 0 amide bonds. The highest BCUT2D eigenvalue weighted by molar-refractivity contribution is 7.85. The van der Waals surface area contributed by atoms with Crippen LogP contribution in [0.1, 0.15) is 18.9 Å². The first-order valence-electron chi connectivity index (χ1n) is 7.76. The second-order valence-corrected chi connectivity index (χ2v) is 7.39. The molecule has 2 N–H and O–H groups in total. The number of carboxylic acids is 1. The van der Waals surface area contributed by atoms with E-state index in [0.29, 0.717) is 6.26 Å². The predicted octanol–water partition coefficient (Wildman–Crippen LogP) is 2.06. The zero-order chi connectivity index (χ0) is 20.5. The lowest BCUT2D eigenvalue weighted by atomic mass is 9.80. The first-order valence-corrected chi connectivity index (χ1v) is 9.61. The van der Waals surface area contributed by atoms with Crippen molar-refractivity contribution in [2.75, 3.05) is 12.9 Å². The van der Waals surface area contributed by atoms with Crippen molar-refractivity contribution in [1.29, 1.82) is 0 Å². The molecule has 1 aliphatic carbocycles. The number of hydrogen-bond donors (Lipinski definition) is 2. The fourth-order valence-electron chi connectivity index (χ4n) is 2.10. The zero-order valence-electron chi connectivity index (χ0n) is 14.9. The SMILES string of the molecule is CC1(C(=O)OCC#Cc2ccccc2)C=CC=C(C(=O)O)C1.CS(=O)(=O)O. The summed E-state index contributed by atoms with van der Waals surface area (Å²) in [5, 5.41) is 9.02. The molecule has 0 spiro atoms. The van der Waals surface area contributed by atoms with Crippen molar-refractivity contribution in [2.45, 2.75) is 13.3 Å². The Morgan fingerprint density at radius 1 is 1.26 bits per heavy atom. The summed E-state index contributed by atoms with van der Waals surface area (Å²) in [4.78, 5) is 23.1. The summed E-state index contributed by atoms with van der Waals surface area (Å²) in [5.74, 6) is 4.17. The van der Waals surface area contributed by atoms with Crippen LogP contribution in [0.3, 0.4) is 0 Å². The molecule has 1 aliphatic rings. The number of ether oxygens (including phenoxy) is 1. The van der Waals surface area contributed by atoms with Gasteiger partial charge in [-0.15, -0.1) is 0 Å². The summed E-state index contributed by atoms with van der Waals surface area (Å²) in [6, 6.07) is 9.39. The van der Waals surface area contributed by atoms with Gasteiger partial charge in [0.05, 0.1) is 11.7 Å². The molecule has 0 bridgehead atoms. The van der Waals surface area contributed by atoms with E-state index < -0.39 is 27.5 Å². The molecule has 2 rings (SSSR count). The second-order valence-electron chi connectivity index (χ2n) is 5.93. The molecule has 0 aromatic heterocycles. The monoisotopic (exact) mass is 392 g/mol. The van der Waals surface area contributed by atoms with E-state index in [-0.39, 0.29) is 18.6 Å². The molecular weight excluding hydrogens is 372 g/mol. The van der Waals surface area contributed by atoms with Gasteiger partial charge < -0.3 is 9.84 Å². The standard InChI is InChI=1S/C18H16O4.CH4O3S/c1-18(11-5-10-15(13-18)16(19)20)17(21)22-12-6-9-14-7-3-2-4-8-14;1-5(2,3)4/h2-5,7-8,10-11H,12-13H2,1H3,(H,19,20);1H3,(H,2,3,4). The summed E-state index contributed by atoms with van der Waals surface area (Å²) in [6.45, 7) is 1.63. The van der Waals surface area contributed by atoms with E-state index in [9.17, 15) is 18.0 Å². The van der Waals surface area contributed by atoms with Gasteiger partial charge in [-0.2, -0.15) is 8.42 Å². The molecule has 0 aliphatic heterocycles. The lowest BCUT2D eigenvalue weighted by Gasteiger charge is -2.25. The van der Waals surface area contributed by atoms with E-state index in [1.807, 2.05) is 30.3 Å². The molecule has 144 valence electrons. The highest BCUT2D eigenvalue weighted by Gasteiger charge is 2.36. The molecular formula is C19H20O7S. The average molecular weight is 392 g/mol. The normalized spacial score (nSPS) is 18.1. The Kier molecular flexibility index (Phi) is 7.97. The van der Waals surface area contributed by atoms with Crippen LogP contribution in [0.2, 0.25) is 0 Å². The summed E-state index contributed by atoms with van der Waals surface area (Å²) in [7, 11) is -3.67. The highest BCUT2D eigenvalue weighted by atomic mass is 32.2. The van der Waals surface area contributed by atoms with E-state index in [2.05, 4.69) is 11.8 Å². The first kappa shape index (κ1) is 22.2. The number of aliphatic carboxylic acids is 1. The van der Waals surface area contributed by atoms with Gasteiger partial charge in [0.15, 0.2) is 6.61 Å². The van der Waals surface area contributed by atoms with Crippen LogP contribution in [-0.2, 0) is 24.4 Å². The molecule has 1 atom stereocenters. The maximum atomic E-state index is 12.1. The van der Waals surface area contributed by atoms with Crippen LogP contribution in [0.4, 0.5) is 0 Å². The molecule has 0 saturated carbocycles. The Morgan fingerprint density at radius 3 is 2.41 bits per heavy atom. The van der Waals surface area contributed by atoms with Crippen LogP contribution < -0.4 is 0 Å². The van der Waals surface area contributed by atoms with Gasteiger partial charge in [0.2, 0.25) is 0 Å². The maximum Gasteiger partial charge on any atom is 0.331 e. The molecule has 0 heterocycles. The van der Waals surface area contributed by atoms with Crippen LogP contribution in [0, 0.1) is 17.3 Å². The van der Waals surface area contributed by atoms with E-state index in [1.165, 1.54) is 6.08 Å². The lowest BCUT2D eigenvalue weighted by molar-refractivity contribution is -0.150. The first-order chi connectivity index (χ1) is 12.5. The van der Waals surface area contributed by atoms with Crippen molar-refractivity contribution >= 4 is 22.1 Å². The van der Waals surface area contributed by atoms with Crippen LogP contribution in [0.5, 0.6) is 0 Å². The number of benzene rings is 1. The molecule has 1 aromatic carbocycles. The molecule has 0 fully saturated rings.